The summed E-state index contributed by atoms with van der Waals surface area (Å²) >= 11 is 0. The molecule has 34 heavy (non-hydrogen) atoms. The van der Waals surface area contributed by atoms with Crippen molar-refractivity contribution in [2.24, 2.45) is 0 Å². The number of ketones is 1. The van der Waals surface area contributed by atoms with Gasteiger partial charge in [0.15, 0.2) is 5.78 Å². The largest absolute Gasteiger partial charge is 1.00 e. The first-order valence-corrected chi connectivity index (χ1v) is 9.73. The number of aliphatic hydroxyl groups excluding tert-OH is 1. The van der Waals surface area contributed by atoms with E-state index in [2.05, 4.69) is 0 Å². The third-order valence-electron chi connectivity index (χ3n) is 5.02. The Hall–Kier alpha value is -3.11. The van der Waals surface area contributed by atoms with Crippen LogP contribution in [0.15, 0.2) is 72.8 Å². The third kappa shape index (κ3) is 6.06. The van der Waals surface area contributed by atoms with Gasteiger partial charge >= 0.3 is 29.6 Å². The normalized spacial score (nSPS) is 10.8. The first kappa shape index (κ1) is 28.9. The number of non-ortho nitro benzene ring substituents is 2. The van der Waals surface area contributed by atoms with E-state index in [1.807, 2.05) is 0 Å². The summed E-state index contributed by atoms with van der Waals surface area (Å²) in [5, 5.41) is 33.8. The predicted molar refractivity (Wildman–Crippen MR) is 129 cm³/mol. The molecule has 1 atom stereocenters. The summed E-state index contributed by atoms with van der Waals surface area (Å²) in [6.45, 7) is 3.01. The molecule has 0 saturated heterocycles. The molecule has 0 bridgehead atoms. The molecule has 0 heterocycles. The topological polar surface area (TPSA) is 124 Å². The van der Waals surface area contributed by atoms with Gasteiger partial charge in [-0.2, -0.15) is 0 Å². The Labute approximate surface area is 221 Å². The first-order valence-electron chi connectivity index (χ1n) is 9.73. The van der Waals surface area contributed by atoms with Crippen LogP contribution in [-0.2, 0) is 0 Å². The minimum atomic E-state index is -0.718. The molecule has 4 aromatic carbocycles. The smallest absolute Gasteiger partial charge is 1.00 e. The van der Waals surface area contributed by atoms with Crippen LogP contribution in [0.5, 0.6) is 0 Å². The van der Waals surface area contributed by atoms with E-state index in [9.17, 15) is 30.1 Å². The fourth-order valence-corrected chi connectivity index (χ4v) is 3.62. The van der Waals surface area contributed by atoms with E-state index in [0.717, 1.165) is 5.39 Å². The third-order valence-corrected chi connectivity index (χ3v) is 5.02. The number of nitrogens with zero attached hydrogens (tertiary/aromatic N) is 2. The molecule has 3 radical (unpaired) electrons. The number of hydrogen-bond donors (Lipinski definition) is 1. The Morgan fingerprint density at radius 2 is 1.24 bits per heavy atom. The zero-order valence-corrected chi connectivity index (χ0v) is 21.0. The van der Waals surface area contributed by atoms with Gasteiger partial charge in [-0.25, -0.2) is 0 Å². The van der Waals surface area contributed by atoms with Gasteiger partial charge in [0.05, 0.1) is 26.7 Å². The minimum Gasteiger partial charge on any atom is -1.00 e. The van der Waals surface area contributed by atoms with Crippen LogP contribution in [0.4, 0.5) is 11.4 Å². The molecular formula is C24H21BN2NaO6. The van der Waals surface area contributed by atoms with E-state index in [1.165, 1.54) is 19.1 Å². The van der Waals surface area contributed by atoms with Crippen LogP contribution in [0.25, 0.3) is 21.5 Å². The average Bonchev–Trinajstić information content (AvgIpc) is 2.77. The number of carbonyl (C=O) groups excluding carboxylic acids is 1. The molecule has 4 rings (SSSR count). The second-order valence-electron chi connectivity index (χ2n) is 7.15. The summed E-state index contributed by atoms with van der Waals surface area (Å²) in [7, 11) is 0. The molecule has 0 aromatic heterocycles. The molecule has 0 fully saturated rings. The number of hydrogen-bond acceptors (Lipinski definition) is 6. The Morgan fingerprint density at radius 1 is 0.824 bits per heavy atom. The summed E-state index contributed by atoms with van der Waals surface area (Å²) in [6, 6.07) is 20.1. The van der Waals surface area contributed by atoms with Crippen LogP contribution >= 0.6 is 0 Å². The van der Waals surface area contributed by atoms with E-state index in [-0.39, 0.29) is 56.6 Å². The summed E-state index contributed by atoms with van der Waals surface area (Å²) in [6.07, 6.45) is -0.718. The molecule has 4 aromatic rings. The number of nitro groups is 2. The Kier molecular flexibility index (Phi) is 10.5. The Balaban J connectivity index is 0.000000608. The number of fused-ring (bicyclic) bond motifs is 2. The van der Waals surface area contributed by atoms with Gasteiger partial charge in [-0.05, 0) is 30.2 Å². The number of aliphatic hydroxyl groups is 1. The maximum absolute atomic E-state index is 11.4. The van der Waals surface area contributed by atoms with Crippen molar-refractivity contribution in [1.29, 1.82) is 0 Å². The quantitative estimate of drug-likeness (QED) is 0.213. The zero-order chi connectivity index (χ0) is 23.4. The molecule has 167 valence electrons. The fraction of sp³-hybridized carbons (Fsp3) is 0.125. The molecule has 0 aliphatic heterocycles. The van der Waals surface area contributed by atoms with Crippen LogP contribution < -0.4 is 29.6 Å². The Morgan fingerprint density at radius 3 is 1.68 bits per heavy atom. The molecule has 8 nitrogen and oxygen atoms in total. The SMILES string of the molecule is CC(=O)c1cccc2cccc([N+](=O)[O-])c12.CC(O)c1cccc2cccc([N+](=O)[O-])c12.[B].[H-].[Na+]. The van der Waals surface area contributed by atoms with Crippen LogP contribution in [0.2, 0.25) is 0 Å². The van der Waals surface area contributed by atoms with Gasteiger partial charge in [0.1, 0.15) is 0 Å². The molecule has 1 N–H and O–H groups in total. The molecule has 0 spiro atoms. The van der Waals surface area contributed by atoms with Gasteiger partial charge < -0.3 is 6.53 Å². The van der Waals surface area contributed by atoms with Crippen molar-refractivity contribution in [2.75, 3.05) is 0 Å². The van der Waals surface area contributed by atoms with Crippen molar-refractivity contribution in [3.63, 3.8) is 0 Å². The van der Waals surface area contributed by atoms with E-state index in [1.54, 1.807) is 67.6 Å². The molecule has 0 amide bonds. The van der Waals surface area contributed by atoms with Crippen LogP contribution in [0.1, 0.15) is 37.3 Å². The monoisotopic (exact) mass is 467 g/mol. The van der Waals surface area contributed by atoms with Gasteiger partial charge in [-0.1, -0.05) is 60.7 Å². The molecule has 1 unspecified atom stereocenters. The van der Waals surface area contributed by atoms with E-state index in [0.29, 0.717) is 27.3 Å². The van der Waals surface area contributed by atoms with Gasteiger partial charge in [0.2, 0.25) is 0 Å². The number of carbonyl (C=O) groups is 1. The van der Waals surface area contributed by atoms with Crippen molar-refractivity contribution in [3.05, 3.63) is 104 Å². The number of nitro benzene ring substituents is 2. The molecule has 0 aliphatic carbocycles. The molecule has 0 aliphatic rings. The van der Waals surface area contributed by atoms with Gasteiger partial charge in [-0.15, -0.1) is 0 Å². The fourth-order valence-electron chi connectivity index (χ4n) is 3.62. The van der Waals surface area contributed by atoms with Crippen molar-refractivity contribution < 1.29 is 50.7 Å². The maximum atomic E-state index is 11.4. The van der Waals surface area contributed by atoms with E-state index < -0.39 is 16.0 Å². The van der Waals surface area contributed by atoms with Crippen molar-refractivity contribution in [2.45, 2.75) is 20.0 Å². The second kappa shape index (κ2) is 12.4. The summed E-state index contributed by atoms with van der Waals surface area (Å²) in [5.41, 5.74) is 0.993. The first-order chi connectivity index (χ1) is 15.2. The maximum Gasteiger partial charge on any atom is 1.00 e. The van der Waals surface area contributed by atoms with Crippen molar-refractivity contribution >= 4 is 47.1 Å². The second-order valence-corrected chi connectivity index (χ2v) is 7.15. The van der Waals surface area contributed by atoms with Crippen LogP contribution in [0.3, 0.4) is 0 Å². The molecular weight excluding hydrogens is 446 g/mol. The number of Topliss-reactive ketones (excluding diaryl/α,β-unsaturated/α-hetero) is 1. The number of benzene rings is 4. The predicted octanol–water partition coefficient (Wildman–Crippen LogP) is 2.49. The summed E-state index contributed by atoms with van der Waals surface area (Å²) in [4.78, 5) is 32.3. The molecule has 0 saturated carbocycles. The van der Waals surface area contributed by atoms with Gasteiger partial charge in [-0.3, -0.25) is 25.0 Å². The summed E-state index contributed by atoms with van der Waals surface area (Å²) in [5.74, 6) is -0.167. The Bertz CT molecular complexity index is 1310. The van der Waals surface area contributed by atoms with Crippen LogP contribution in [0, 0.1) is 20.2 Å². The standard InChI is InChI=1S/C12H11NO3.C12H9NO3.B.Na.H/c2*1-8(14)10-6-2-4-9-5-3-7-11(12(9)10)13(15)16;;;/h2-8,14H,1H3;2-7H,1H3;;;/q;;;+1;-1. The van der Waals surface area contributed by atoms with E-state index in [4.69, 9.17) is 0 Å². The zero-order valence-electron chi connectivity index (χ0n) is 20.0. The van der Waals surface area contributed by atoms with Crippen molar-refractivity contribution in [3.8, 4) is 0 Å². The van der Waals surface area contributed by atoms with Crippen molar-refractivity contribution in [1.82, 2.24) is 0 Å². The van der Waals surface area contributed by atoms with Crippen LogP contribution in [-0.4, -0.2) is 29.1 Å². The number of rotatable bonds is 4. The summed E-state index contributed by atoms with van der Waals surface area (Å²) < 4.78 is 0. The van der Waals surface area contributed by atoms with E-state index >= 15 is 0 Å². The molecule has 10 heteroatoms. The minimum absolute atomic E-state index is 0. The average molecular weight is 467 g/mol. The van der Waals surface area contributed by atoms with Gasteiger partial charge in [0.25, 0.3) is 11.4 Å². The van der Waals surface area contributed by atoms with Gasteiger partial charge in [0, 0.05) is 26.1 Å².